The molecule has 0 spiro atoms. The number of fused-ring (bicyclic) bond motifs is 2. The SMILES string of the molecule is COc1cccc(-n2nc(O)c3c(c2=O)Cc2ccc(Cl)cc2N3)c1. The van der Waals surface area contributed by atoms with E-state index in [9.17, 15) is 9.90 Å². The van der Waals surface area contributed by atoms with Crippen molar-refractivity contribution < 1.29 is 9.84 Å². The molecule has 2 aromatic carbocycles. The maximum absolute atomic E-state index is 12.9. The lowest BCUT2D eigenvalue weighted by atomic mass is 9.99. The van der Waals surface area contributed by atoms with Gasteiger partial charge in [-0.1, -0.05) is 23.7 Å². The summed E-state index contributed by atoms with van der Waals surface area (Å²) in [6.07, 6.45) is 0.383. The van der Waals surface area contributed by atoms with Crippen molar-refractivity contribution in [3.05, 3.63) is 69.0 Å². The third-order valence-corrected chi connectivity index (χ3v) is 4.40. The molecular formula is C18H14ClN3O3. The second-order valence-corrected chi connectivity index (χ2v) is 6.14. The Balaban J connectivity index is 1.87. The van der Waals surface area contributed by atoms with Crippen LogP contribution in [0.4, 0.5) is 11.4 Å². The molecule has 0 unspecified atom stereocenters. The smallest absolute Gasteiger partial charge is 0.277 e. The summed E-state index contributed by atoms with van der Waals surface area (Å²) in [5.41, 5.74) is 2.68. The summed E-state index contributed by atoms with van der Waals surface area (Å²) in [7, 11) is 1.55. The van der Waals surface area contributed by atoms with E-state index >= 15 is 0 Å². The van der Waals surface area contributed by atoms with Gasteiger partial charge in [0, 0.05) is 23.2 Å². The van der Waals surface area contributed by atoms with Gasteiger partial charge in [-0.2, -0.15) is 4.68 Å². The summed E-state index contributed by atoms with van der Waals surface area (Å²) in [6, 6.07) is 12.3. The van der Waals surface area contributed by atoms with Gasteiger partial charge in [-0.3, -0.25) is 4.79 Å². The lowest BCUT2D eigenvalue weighted by molar-refractivity contribution is 0.413. The van der Waals surface area contributed by atoms with E-state index in [0.717, 1.165) is 11.3 Å². The maximum atomic E-state index is 12.9. The fraction of sp³-hybridized carbons (Fsp3) is 0.111. The van der Waals surface area contributed by atoms with Crippen LogP contribution in [0.25, 0.3) is 5.69 Å². The molecule has 0 atom stereocenters. The number of anilines is 2. The van der Waals surface area contributed by atoms with Crippen LogP contribution in [0.15, 0.2) is 47.3 Å². The van der Waals surface area contributed by atoms with E-state index in [1.165, 1.54) is 4.68 Å². The first-order valence-corrected chi connectivity index (χ1v) is 7.99. The van der Waals surface area contributed by atoms with E-state index < -0.39 is 0 Å². The summed E-state index contributed by atoms with van der Waals surface area (Å²) in [5, 5.41) is 18.0. The van der Waals surface area contributed by atoms with E-state index in [1.807, 2.05) is 6.07 Å². The third-order valence-electron chi connectivity index (χ3n) is 4.17. The minimum Gasteiger partial charge on any atom is -0.497 e. The number of nitrogens with one attached hydrogen (secondary N) is 1. The Bertz CT molecular complexity index is 1050. The summed E-state index contributed by atoms with van der Waals surface area (Å²) in [6.45, 7) is 0. The van der Waals surface area contributed by atoms with E-state index in [4.69, 9.17) is 16.3 Å². The minimum atomic E-state index is -0.297. The number of hydrogen-bond acceptors (Lipinski definition) is 5. The zero-order chi connectivity index (χ0) is 17.6. The van der Waals surface area contributed by atoms with Crippen molar-refractivity contribution in [2.75, 3.05) is 12.4 Å². The zero-order valence-corrected chi connectivity index (χ0v) is 14.0. The standard InChI is InChI=1S/C18H14ClN3O3/c1-25-13-4-2-3-12(9-13)22-18(24)14-7-10-5-6-11(19)8-15(10)20-16(14)17(23)21-22/h2-6,8-9,20H,7H2,1H3,(H,21,23). The van der Waals surface area contributed by atoms with Crippen molar-refractivity contribution in [3.8, 4) is 17.3 Å². The quantitative estimate of drug-likeness (QED) is 0.577. The van der Waals surface area contributed by atoms with Crippen LogP contribution in [0.3, 0.4) is 0 Å². The topological polar surface area (TPSA) is 76.4 Å². The molecule has 0 bridgehead atoms. The molecule has 0 saturated carbocycles. The predicted octanol–water partition coefficient (Wildman–Crippen LogP) is 3.25. The van der Waals surface area contributed by atoms with Crippen LogP contribution in [0.1, 0.15) is 11.1 Å². The number of aromatic nitrogens is 2. The predicted molar refractivity (Wildman–Crippen MR) is 95.6 cm³/mol. The number of hydrogen-bond donors (Lipinski definition) is 2. The normalized spacial score (nSPS) is 12.1. The first-order valence-electron chi connectivity index (χ1n) is 7.62. The van der Waals surface area contributed by atoms with Crippen molar-refractivity contribution in [2.24, 2.45) is 0 Å². The molecule has 1 aromatic heterocycles. The average molecular weight is 356 g/mol. The van der Waals surface area contributed by atoms with Crippen molar-refractivity contribution in [2.45, 2.75) is 6.42 Å². The molecule has 0 fully saturated rings. The fourth-order valence-electron chi connectivity index (χ4n) is 2.92. The third kappa shape index (κ3) is 2.60. The number of methoxy groups -OCH3 is 1. The van der Waals surface area contributed by atoms with Gasteiger partial charge in [0.1, 0.15) is 11.4 Å². The van der Waals surface area contributed by atoms with Crippen molar-refractivity contribution >= 4 is 23.0 Å². The second kappa shape index (κ2) is 5.82. The van der Waals surface area contributed by atoms with Gasteiger partial charge in [-0.25, -0.2) is 0 Å². The Kier molecular flexibility index (Phi) is 3.62. The number of halogens is 1. The van der Waals surface area contributed by atoms with Crippen LogP contribution in [0, 0.1) is 0 Å². The summed E-state index contributed by atoms with van der Waals surface area (Å²) < 4.78 is 6.37. The van der Waals surface area contributed by atoms with Crippen LogP contribution in [-0.4, -0.2) is 22.0 Å². The Morgan fingerprint density at radius 1 is 1.28 bits per heavy atom. The monoisotopic (exact) mass is 355 g/mol. The van der Waals surface area contributed by atoms with E-state index in [-0.39, 0.29) is 11.4 Å². The molecule has 3 aromatic rings. The fourth-order valence-corrected chi connectivity index (χ4v) is 3.09. The van der Waals surface area contributed by atoms with Crippen LogP contribution in [-0.2, 0) is 6.42 Å². The lowest BCUT2D eigenvalue weighted by Crippen LogP contribution is -2.28. The first kappa shape index (κ1) is 15.5. The number of ether oxygens (including phenoxy) is 1. The Morgan fingerprint density at radius 2 is 2.12 bits per heavy atom. The van der Waals surface area contributed by atoms with Gasteiger partial charge >= 0.3 is 0 Å². The number of benzene rings is 2. The Hall–Kier alpha value is -2.99. The molecule has 7 heteroatoms. The zero-order valence-electron chi connectivity index (χ0n) is 13.3. The molecule has 126 valence electrons. The van der Waals surface area contributed by atoms with E-state index in [0.29, 0.717) is 34.1 Å². The molecule has 6 nitrogen and oxygen atoms in total. The molecule has 0 aliphatic carbocycles. The average Bonchev–Trinajstić information content (AvgIpc) is 2.63. The van der Waals surface area contributed by atoms with Gasteiger partial charge in [0.2, 0.25) is 0 Å². The number of nitrogens with zero attached hydrogens (tertiary/aromatic N) is 2. The van der Waals surface area contributed by atoms with Crippen molar-refractivity contribution in [3.63, 3.8) is 0 Å². The van der Waals surface area contributed by atoms with Crippen LogP contribution in [0.5, 0.6) is 11.6 Å². The number of aromatic hydroxyl groups is 1. The minimum absolute atomic E-state index is 0.247. The Morgan fingerprint density at radius 3 is 2.92 bits per heavy atom. The Labute approximate surface area is 148 Å². The van der Waals surface area contributed by atoms with Crippen LogP contribution in [0.2, 0.25) is 5.02 Å². The van der Waals surface area contributed by atoms with Gasteiger partial charge in [0.05, 0.1) is 18.4 Å². The molecule has 4 rings (SSSR count). The highest BCUT2D eigenvalue weighted by Gasteiger charge is 2.24. The first-order chi connectivity index (χ1) is 12.1. The molecule has 2 N–H and O–H groups in total. The number of rotatable bonds is 2. The van der Waals surface area contributed by atoms with Gasteiger partial charge in [-0.15, -0.1) is 5.10 Å². The molecule has 1 aliphatic heterocycles. The molecule has 1 aliphatic rings. The van der Waals surface area contributed by atoms with Gasteiger partial charge < -0.3 is 15.2 Å². The van der Waals surface area contributed by atoms with E-state index in [1.54, 1.807) is 43.5 Å². The van der Waals surface area contributed by atoms with Gasteiger partial charge in [-0.05, 0) is 29.8 Å². The lowest BCUT2D eigenvalue weighted by Gasteiger charge is -2.22. The van der Waals surface area contributed by atoms with Gasteiger partial charge in [0.15, 0.2) is 0 Å². The largest absolute Gasteiger partial charge is 0.497 e. The highest BCUT2D eigenvalue weighted by molar-refractivity contribution is 6.30. The summed E-state index contributed by atoms with van der Waals surface area (Å²) >= 11 is 6.01. The highest BCUT2D eigenvalue weighted by atomic mass is 35.5. The highest BCUT2D eigenvalue weighted by Crippen LogP contribution is 2.36. The maximum Gasteiger partial charge on any atom is 0.277 e. The summed E-state index contributed by atoms with van der Waals surface area (Å²) in [4.78, 5) is 12.9. The van der Waals surface area contributed by atoms with Crippen molar-refractivity contribution in [1.82, 2.24) is 9.78 Å². The molecule has 0 saturated heterocycles. The molecule has 25 heavy (non-hydrogen) atoms. The van der Waals surface area contributed by atoms with Crippen LogP contribution >= 0.6 is 11.6 Å². The van der Waals surface area contributed by atoms with Gasteiger partial charge in [0.25, 0.3) is 11.4 Å². The molecular weight excluding hydrogens is 342 g/mol. The van der Waals surface area contributed by atoms with Crippen molar-refractivity contribution in [1.29, 1.82) is 0 Å². The molecule has 2 heterocycles. The molecule has 0 amide bonds. The van der Waals surface area contributed by atoms with Crippen LogP contribution < -0.4 is 15.6 Å². The second-order valence-electron chi connectivity index (χ2n) is 5.70. The van der Waals surface area contributed by atoms with E-state index in [2.05, 4.69) is 10.4 Å². The molecule has 0 radical (unpaired) electrons. The summed E-state index contributed by atoms with van der Waals surface area (Å²) in [5.74, 6) is 0.351.